The van der Waals surface area contributed by atoms with Crippen LogP contribution in [-0.2, 0) is 4.79 Å². The molecule has 0 saturated carbocycles. The van der Waals surface area contributed by atoms with Gasteiger partial charge in [-0.05, 0) is 68.8 Å². The van der Waals surface area contributed by atoms with Gasteiger partial charge in [0.15, 0.2) is 12.2 Å². The Morgan fingerprint density at radius 1 is 0.966 bits per heavy atom. The summed E-state index contributed by atoms with van der Waals surface area (Å²) in [5.41, 5.74) is 6.35. The van der Waals surface area contributed by atoms with Crippen molar-refractivity contribution in [3.8, 4) is 17.2 Å². The van der Waals surface area contributed by atoms with E-state index in [0.717, 1.165) is 22.3 Å². The molecule has 0 aliphatic rings. The van der Waals surface area contributed by atoms with Crippen LogP contribution in [0.4, 0.5) is 5.69 Å². The van der Waals surface area contributed by atoms with Crippen molar-refractivity contribution in [2.45, 2.75) is 20.8 Å². The number of carbonyl (C=O) groups excluding carboxylic acids is 1. The summed E-state index contributed by atoms with van der Waals surface area (Å²) in [6.07, 6.45) is 0. The van der Waals surface area contributed by atoms with Crippen molar-refractivity contribution in [3.05, 3.63) is 77.4 Å². The highest BCUT2D eigenvalue weighted by Gasteiger charge is 2.11. The molecule has 0 aliphatic heterocycles. The van der Waals surface area contributed by atoms with Gasteiger partial charge in [-0.3, -0.25) is 4.79 Å². The Kier molecular flexibility index (Phi) is 5.04. The molecule has 0 radical (unpaired) electrons. The molecule has 5 heteroatoms. The normalized spacial score (nSPS) is 10.9. The minimum atomic E-state index is -0.233. The van der Waals surface area contributed by atoms with E-state index in [0.29, 0.717) is 28.4 Å². The number of fused-ring (bicyclic) bond motifs is 1. The highest BCUT2D eigenvalue weighted by molar-refractivity contribution is 5.94. The Balaban J connectivity index is 1.48. The number of aryl methyl sites for hydroxylation is 3. The Labute approximate surface area is 169 Å². The summed E-state index contributed by atoms with van der Waals surface area (Å²) in [6.45, 7) is 6.01. The Bertz CT molecular complexity index is 1170. The first-order chi connectivity index (χ1) is 14.0. The van der Waals surface area contributed by atoms with Gasteiger partial charge in [0, 0.05) is 11.3 Å². The van der Waals surface area contributed by atoms with Gasteiger partial charge in [-0.2, -0.15) is 0 Å². The van der Waals surface area contributed by atoms with Crippen molar-refractivity contribution in [2.75, 3.05) is 11.9 Å². The molecule has 0 aliphatic carbocycles. The summed E-state index contributed by atoms with van der Waals surface area (Å²) in [4.78, 5) is 16.8. The van der Waals surface area contributed by atoms with Crippen molar-refractivity contribution < 1.29 is 13.9 Å². The average molecular weight is 386 g/mol. The molecule has 146 valence electrons. The molecule has 4 rings (SSSR count). The number of ether oxygens (including phenoxy) is 1. The summed E-state index contributed by atoms with van der Waals surface area (Å²) in [7, 11) is 0. The fourth-order valence-corrected chi connectivity index (χ4v) is 3.28. The Hall–Kier alpha value is -3.60. The number of hydrogen-bond donors (Lipinski definition) is 1. The maximum atomic E-state index is 12.2. The highest BCUT2D eigenvalue weighted by Crippen LogP contribution is 2.27. The molecule has 4 aromatic rings. The first-order valence-corrected chi connectivity index (χ1v) is 9.45. The zero-order chi connectivity index (χ0) is 20.4. The molecule has 5 nitrogen and oxygen atoms in total. The lowest BCUT2D eigenvalue weighted by molar-refractivity contribution is -0.118. The predicted molar refractivity (Wildman–Crippen MR) is 114 cm³/mol. The maximum absolute atomic E-state index is 12.2. The predicted octanol–water partition coefficient (Wildman–Crippen LogP) is 5.44. The number of carbonyl (C=O) groups is 1. The molecule has 0 atom stereocenters. The zero-order valence-electron chi connectivity index (χ0n) is 16.7. The third-order valence-corrected chi connectivity index (χ3v) is 4.50. The van der Waals surface area contributed by atoms with E-state index >= 15 is 0 Å². The molecule has 0 bridgehead atoms. The monoisotopic (exact) mass is 386 g/mol. The lowest BCUT2D eigenvalue weighted by atomic mass is 10.1. The smallest absolute Gasteiger partial charge is 0.262 e. The van der Waals surface area contributed by atoms with Gasteiger partial charge in [-0.25, -0.2) is 4.98 Å². The molecule has 0 fully saturated rings. The van der Waals surface area contributed by atoms with Crippen LogP contribution in [0.1, 0.15) is 16.7 Å². The van der Waals surface area contributed by atoms with E-state index in [1.165, 1.54) is 0 Å². The van der Waals surface area contributed by atoms with Gasteiger partial charge in [0.1, 0.15) is 11.3 Å². The zero-order valence-corrected chi connectivity index (χ0v) is 16.7. The number of rotatable bonds is 5. The van der Waals surface area contributed by atoms with Crippen LogP contribution in [0, 0.1) is 20.8 Å². The van der Waals surface area contributed by atoms with Crippen LogP contribution in [0.2, 0.25) is 0 Å². The molecule has 29 heavy (non-hydrogen) atoms. The minimum absolute atomic E-state index is 0.0614. The highest BCUT2D eigenvalue weighted by atomic mass is 16.5. The first-order valence-electron chi connectivity index (χ1n) is 9.45. The number of hydrogen-bond acceptors (Lipinski definition) is 4. The van der Waals surface area contributed by atoms with E-state index in [-0.39, 0.29) is 12.5 Å². The summed E-state index contributed by atoms with van der Waals surface area (Å²) >= 11 is 0. The first kappa shape index (κ1) is 18.7. The van der Waals surface area contributed by atoms with E-state index in [9.17, 15) is 4.79 Å². The Morgan fingerprint density at radius 2 is 1.76 bits per heavy atom. The van der Waals surface area contributed by atoms with Crippen LogP contribution < -0.4 is 10.1 Å². The molecule has 0 saturated heterocycles. The van der Waals surface area contributed by atoms with E-state index in [2.05, 4.69) is 16.4 Å². The van der Waals surface area contributed by atoms with E-state index < -0.39 is 0 Å². The topological polar surface area (TPSA) is 64.4 Å². The lowest BCUT2D eigenvalue weighted by Crippen LogP contribution is -2.20. The second kappa shape index (κ2) is 7.80. The maximum Gasteiger partial charge on any atom is 0.262 e. The van der Waals surface area contributed by atoms with Crippen molar-refractivity contribution >= 4 is 22.7 Å². The molecule has 1 aromatic heterocycles. The SMILES string of the molecule is Cc1cccc(OCC(=O)Nc2ccc3oc(-c4cc(C)cc(C)c4)nc3c2)c1. The summed E-state index contributed by atoms with van der Waals surface area (Å²) < 4.78 is 11.4. The number of nitrogens with one attached hydrogen (secondary N) is 1. The number of amides is 1. The van der Waals surface area contributed by atoms with Crippen molar-refractivity contribution in [3.63, 3.8) is 0 Å². The molecule has 1 amide bonds. The number of nitrogens with zero attached hydrogens (tertiary/aromatic N) is 1. The van der Waals surface area contributed by atoms with Crippen LogP contribution in [-0.4, -0.2) is 17.5 Å². The van der Waals surface area contributed by atoms with E-state index in [1.54, 1.807) is 12.1 Å². The van der Waals surface area contributed by atoms with E-state index in [4.69, 9.17) is 9.15 Å². The van der Waals surface area contributed by atoms with Gasteiger partial charge in [-0.1, -0.05) is 29.3 Å². The standard InChI is InChI=1S/C24H22N2O3/c1-15-5-4-6-20(12-15)28-14-23(27)25-19-7-8-22-21(13-19)26-24(29-22)18-10-16(2)9-17(3)11-18/h4-13H,14H2,1-3H3,(H,25,27). The fourth-order valence-electron chi connectivity index (χ4n) is 3.28. The van der Waals surface area contributed by atoms with Gasteiger partial charge >= 0.3 is 0 Å². The molecule has 0 spiro atoms. The largest absolute Gasteiger partial charge is 0.484 e. The van der Waals surface area contributed by atoms with Crippen LogP contribution in [0.5, 0.6) is 5.75 Å². The van der Waals surface area contributed by atoms with Crippen LogP contribution in [0.15, 0.2) is 65.1 Å². The van der Waals surface area contributed by atoms with E-state index in [1.807, 2.05) is 63.2 Å². The van der Waals surface area contributed by atoms with Crippen molar-refractivity contribution in [1.29, 1.82) is 0 Å². The molecule has 0 unspecified atom stereocenters. The summed E-state index contributed by atoms with van der Waals surface area (Å²) in [5.74, 6) is 1.01. The van der Waals surface area contributed by atoms with Gasteiger partial charge in [0.25, 0.3) is 5.91 Å². The lowest BCUT2D eigenvalue weighted by Gasteiger charge is -2.08. The third-order valence-electron chi connectivity index (χ3n) is 4.50. The van der Waals surface area contributed by atoms with Crippen molar-refractivity contribution in [1.82, 2.24) is 4.98 Å². The van der Waals surface area contributed by atoms with Crippen molar-refractivity contribution in [2.24, 2.45) is 0 Å². The number of aromatic nitrogens is 1. The fraction of sp³-hybridized carbons (Fsp3) is 0.167. The van der Waals surface area contributed by atoms with Gasteiger partial charge in [0.2, 0.25) is 5.89 Å². The van der Waals surface area contributed by atoms with Crippen LogP contribution in [0.25, 0.3) is 22.6 Å². The second-order valence-corrected chi connectivity index (χ2v) is 7.23. The number of benzene rings is 3. The molecule has 3 aromatic carbocycles. The quantitative estimate of drug-likeness (QED) is 0.496. The molecular weight excluding hydrogens is 364 g/mol. The number of oxazole rings is 1. The van der Waals surface area contributed by atoms with Gasteiger partial charge < -0.3 is 14.5 Å². The third kappa shape index (κ3) is 4.46. The molecule has 1 heterocycles. The van der Waals surface area contributed by atoms with Gasteiger partial charge in [-0.15, -0.1) is 0 Å². The minimum Gasteiger partial charge on any atom is -0.484 e. The number of anilines is 1. The molecular formula is C24H22N2O3. The molecule has 1 N–H and O–H groups in total. The van der Waals surface area contributed by atoms with Gasteiger partial charge in [0.05, 0.1) is 0 Å². The Morgan fingerprint density at radius 3 is 2.52 bits per heavy atom. The summed E-state index contributed by atoms with van der Waals surface area (Å²) in [5, 5.41) is 2.84. The summed E-state index contributed by atoms with van der Waals surface area (Å²) in [6, 6.07) is 19.2. The second-order valence-electron chi connectivity index (χ2n) is 7.23. The van der Waals surface area contributed by atoms with Crippen LogP contribution in [0.3, 0.4) is 0 Å². The average Bonchev–Trinajstić information content (AvgIpc) is 3.09. The van der Waals surface area contributed by atoms with Crippen LogP contribution >= 0.6 is 0 Å².